The molecule has 0 aliphatic heterocycles. The molecular formula is C16H29N3O2. The Morgan fingerprint density at radius 1 is 1.10 bits per heavy atom. The summed E-state index contributed by atoms with van der Waals surface area (Å²) >= 11 is 0. The Labute approximate surface area is 127 Å². The van der Waals surface area contributed by atoms with Crippen molar-refractivity contribution < 1.29 is 10.0 Å². The zero-order chi connectivity index (χ0) is 15.3. The van der Waals surface area contributed by atoms with Gasteiger partial charge in [0, 0.05) is 13.1 Å². The number of carbonyl (C=O) groups excluding carboxylic acids is 1. The van der Waals surface area contributed by atoms with E-state index >= 15 is 0 Å². The molecule has 0 bridgehead atoms. The maximum atomic E-state index is 13.1. The molecule has 2 fully saturated rings. The molecular weight excluding hydrogens is 266 g/mol. The highest BCUT2D eigenvalue weighted by Crippen LogP contribution is 2.39. The van der Waals surface area contributed by atoms with Crippen molar-refractivity contribution in [3.05, 3.63) is 0 Å². The summed E-state index contributed by atoms with van der Waals surface area (Å²) in [4.78, 5) is 15.0. The van der Waals surface area contributed by atoms with Gasteiger partial charge in [-0.3, -0.25) is 4.79 Å². The Morgan fingerprint density at radius 2 is 1.62 bits per heavy atom. The van der Waals surface area contributed by atoms with E-state index in [-0.39, 0.29) is 11.7 Å². The standard InChI is InChI=1S/C16H29N3O2/c1-19(13-9-5-2-3-6-10-13)15(20)16(14(17)18-21)11-7-4-8-12-16/h13,21H,2-12H2,1H3,(H2,17,18). The Hall–Kier alpha value is -1.26. The van der Waals surface area contributed by atoms with Crippen LogP contribution in [0.5, 0.6) is 0 Å². The van der Waals surface area contributed by atoms with Gasteiger partial charge in [-0.05, 0) is 25.7 Å². The fourth-order valence-electron chi connectivity index (χ4n) is 3.98. The maximum absolute atomic E-state index is 13.1. The summed E-state index contributed by atoms with van der Waals surface area (Å²) in [5.74, 6) is 0.164. The van der Waals surface area contributed by atoms with Crippen molar-refractivity contribution >= 4 is 11.7 Å². The van der Waals surface area contributed by atoms with Gasteiger partial charge in [-0.15, -0.1) is 0 Å². The van der Waals surface area contributed by atoms with E-state index < -0.39 is 5.41 Å². The molecule has 0 radical (unpaired) electrons. The molecule has 2 aliphatic carbocycles. The highest BCUT2D eigenvalue weighted by atomic mass is 16.4. The van der Waals surface area contributed by atoms with Gasteiger partial charge in [0.25, 0.3) is 0 Å². The van der Waals surface area contributed by atoms with Gasteiger partial charge in [0.05, 0.1) is 0 Å². The van der Waals surface area contributed by atoms with Crippen LogP contribution >= 0.6 is 0 Å². The number of rotatable bonds is 3. The third kappa shape index (κ3) is 3.33. The molecule has 1 amide bonds. The molecule has 0 atom stereocenters. The number of hydrogen-bond donors (Lipinski definition) is 2. The number of hydrogen-bond acceptors (Lipinski definition) is 3. The Bertz CT molecular complexity index is 381. The fourth-order valence-corrected chi connectivity index (χ4v) is 3.98. The third-order valence-corrected chi connectivity index (χ3v) is 5.41. The Balaban J connectivity index is 2.17. The SMILES string of the molecule is CN(C(=O)C1(C(N)=NO)CCCCC1)C1CCCCCC1. The average Bonchev–Trinajstić information content (AvgIpc) is 2.82. The summed E-state index contributed by atoms with van der Waals surface area (Å²) in [6.45, 7) is 0. The van der Waals surface area contributed by atoms with Gasteiger partial charge in [0.15, 0.2) is 5.84 Å². The molecule has 0 saturated heterocycles. The van der Waals surface area contributed by atoms with Crippen LogP contribution in [-0.4, -0.2) is 34.9 Å². The highest BCUT2D eigenvalue weighted by molar-refractivity contribution is 6.06. The van der Waals surface area contributed by atoms with Crippen molar-refractivity contribution in [2.75, 3.05) is 7.05 Å². The van der Waals surface area contributed by atoms with Crippen LogP contribution in [0.25, 0.3) is 0 Å². The molecule has 2 rings (SSSR count). The lowest BCUT2D eigenvalue weighted by atomic mass is 9.72. The molecule has 0 unspecified atom stereocenters. The number of amidine groups is 1. The van der Waals surface area contributed by atoms with Crippen LogP contribution in [0.4, 0.5) is 0 Å². The van der Waals surface area contributed by atoms with Crippen molar-refractivity contribution in [3.8, 4) is 0 Å². The smallest absolute Gasteiger partial charge is 0.236 e. The van der Waals surface area contributed by atoms with Crippen LogP contribution in [0.2, 0.25) is 0 Å². The molecule has 2 aliphatic rings. The molecule has 0 heterocycles. The largest absolute Gasteiger partial charge is 0.409 e. The number of amides is 1. The molecule has 0 aromatic rings. The van der Waals surface area contributed by atoms with Crippen LogP contribution in [-0.2, 0) is 4.79 Å². The molecule has 0 aromatic heterocycles. The summed E-state index contributed by atoms with van der Waals surface area (Å²) in [5, 5.41) is 12.3. The van der Waals surface area contributed by atoms with E-state index in [0.29, 0.717) is 18.9 Å². The topological polar surface area (TPSA) is 78.9 Å². The van der Waals surface area contributed by atoms with Crippen LogP contribution in [0.3, 0.4) is 0 Å². The van der Waals surface area contributed by atoms with Gasteiger partial charge in [0.1, 0.15) is 5.41 Å². The summed E-state index contributed by atoms with van der Waals surface area (Å²) < 4.78 is 0. The summed E-state index contributed by atoms with van der Waals surface area (Å²) in [5.41, 5.74) is 5.16. The van der Waals surface area contributed by atoms with Crippen LogP contribution in [0.15, 0.2) is 5.16 Å². The molecule has 21 heavy (non-hydrogen) atoms. The van der Waals surface area contributed by atoms with Crippen LogP contribution in [0.1, 0.15) is 70.6 Å². The lowest BCUT2D eigenvalue weighted by Gasteiger charge is -2.40. The number of nitrogens with two attached hydrogens (primary N) is 1. The lowest BCUT2D eigenvalue weighted by molar-refractivity contribution is -0.141. The monoisotopic (exact) mass is 295 g/mol. The van der Waals surface area contributed by atoms with E-state index in [1.54, 1.807) is 0 Å². The Kier molecular flexibility index (Phi) is 5.48. The van der Waals surface area contributed by atoms with Crippen LogP contribution < -0.4 is 5.73 Å². The van der Waals surface area contributed by atoms with Gasteiger partial charge in [-0.25, -0.2) is 0 Å². The van der Waals surface area contributed by atoms with Gasteiger partial charge < -0.3 is 15.8 Å². The first-order valence-electron chi connectivity index (χ1n) is 8.37. The van der Waals surface area contributed by atoms with Crippen molar-refractivity contribution in [2.24, 2.45) is 16.3 Å². The predicted octanol–water partition coefficient (Wildman–Crippen LogP) is 2.86. The lowest BCUT2D eigenvalue weighted by Crippen LogP contribution is -2.53. The van der Waals surface area contributed by atoms with E-state index in [4.69, 9.17) is 10.9 Å². The van der Waals surface area contributed by atoms with Crippen molar-refractivity contribution in [2.45, 2.75) is 76.7 Å². The van der Waals surface area contributed by atoms with E-state index in [9.17, 15) is 4.79 Å². The quantitative estimate of drug-likeness (QED) is 0.276. The second-order valence-corrected chi connectivity index (χ2v) is 6.69. The summed E-state index contributed by atoms with van der Waals surface area (Å²) in [6, 6.07) is 0.310. The molecule has 2 saturated carbocycles. The molecule has 5 heteroatoms. The molecule has 5 nitrogen and oxygen atoms in total. The van der Waals surface area contributed by atoms with E-state index in [1.807, 2.05) is 11.9 Å². The minimum atomic E-state index is -0.770. The molecule has 3 N–H and O–H groups in total. The number of carbonyl (C=O) groups is 1. The zero-order valence-corrected chi connectivity index (χ0v) is 13.2. The van der Waals surface area contributed by atoms with E-state index in [0.717, 1.165) is 32.1 Å². The predicted molar refractivity (Wildman–Crippen MR) is 83.2 cm³/mol. The summed E-state index contributed by atoms with van der Waals surface area (Å²) in [7, 11) is 1.90. The number of oxime groups is 1. The average molecular weight is 295 g/mol. The first-order chi connectivity index (χ1) is 10.1. The molecule has 120 valence electrons. The van der Waals surface area contributed by atoms with Crippen LogP contribution in [0, 0.1) is 5.41 Å². The first kappa shape index (κ1) is 16.1. The number of nitrogens with zero attached hydrogens (tertiary/aromatic N) is 2. The van der Waals surface area contributed by atoms with Gasteiger partial charge in [-0.1, -0.05) is 50.1 Å². The first-order valence-corrected chi connectivity index (χ1v) is 8.37. The minimum Gasteiger partial charge on any atom is -0.409 e. The molecule has 0 spiro atoms. The van der Waals surface area contributed by atoms with Gasteiger partial charge in [0.2, 0.25) is 5.91 Å². The highest BCUT2D eigenvalue weighted by Gasteiger charge is 2.46. The normalized spacial score (nSPS) is 24.3. The Morgan fingerprint density at radius 3 is 2.14 bits per heavy atom. The van der Waals surface area contributed by atoms with Crippen molar-refractivity contribution in [3.63, 3.8) is 0 Å². The molecule has 0 aromatic carbocycles. The minimum absolute atomic E-state index is 0.0596. The second kappa shape index (κ2) is 7.14. The van der Waals surface area contributed by atoms with E-state index in [1.165, 1.54) is 25.7 Å². The van der Waals surface area contributed by atoms with Gasteiger partial charge in [-0.2, -0.15) is 0 Å². The van der Waals surface area contributed by atoms with E-state index in [2.05, 4.69) is 5.16 Å². The fraction of sp³-hybridized carbons (Fsp3) is 0.875. The van der Waals surface area contributed by atoms with Gasteiger partial charge >= 0.3 is 0 Å². The zero-order valence-electron chi connectivity index (χ0n) is 13.2. The second-order valence-electron chi connectivity index (χ2n) is 6.69. The van der Waals surface area contributed by atoms with Crippen molar-refractivity contribution in [1.29, 1.82) is 0 Å². The maximum Gasteiger partial charge on any atom is 0.236 e. The third-order valence-electron chi connectivity index (χ3n) is 5.41. The summed E-state index contributed by atoms with van der Waals surface area (Å²) in [6.07, 6.45) is 11.6. The van der Waals surface area contributed by atoms with Crippen molar-refractivity contribution in [1.82, 2.24) is 4.90 Å².